The largest absolute Gasteiger partial charge is 0.478 e. The van der Waals surface area contributed by atoms with E-state index in [4.69, 9.17) is 5.11 Å². The summed E-state index contributed by atoms with van der Waals surface area (Å²) in [5.41, 5.74) is 0.255. The van der Waals surface area contributed by atoms with Crippen molar-refractivity contribution in [2.45, 2.75) is 0 Å². The molecule has 0 aliphatic carbocycles. The third kappa shape index (κ3) is 2.91. The minimum atomic E-state index is -0.924. The summed E-state index contributed by atoms with van der Waals surface area (Å²) < 4.78 is 0. The van der Waals surface area contributed by atoms with Crippen LogP contribution < -0.4 is 5.32 Å². The Balaban J connectivity index is 0.000001000. The first-order chi connectivity index (χ1) is 4.80. The smallest absolute Gasteiger partial charge is 0.337 e. The Morgan fingerprint density at radius 2 is 2.18 bits per heavy atom. The molecular weight excluding hydrogens is 166 g/mol. The standard InChI is InChI=1S/C7H7NO2.ClH/c9-7(10)6-3-1-2-4-8-5-6;/h1-5,8H,(H,9,10);1H. The summed E-state index contributed by atoms with van der Waals surface area (Å²) in [5.74, 6) is -0.924. The van der Waals surface area contributed by atoms with Gasteiger partial charge in [-0.2, -0.15) is 0 Å². The van der Waals surface area contributed by atoms with Crippen molar-refractivity contribution in [3.8, 4) is 0 Å². The van der Waals surface area contributed by atoms with Gasteiger partial charge in [0.15, 0.2) is 0 Å². The van der Waals surface area contributed by atoms with Crippen LogP contribution >= 0.6 is 12.4 Å². The number of aliphatic carboxylic acids is 1. The van der Waals surface area contributed by atoms with Gasteiger partial charge in [0, 0.05) is 12.4 Å². The maximum absolute atomic E-state index is 10.3. The van der Waals surface area contributed by atoms with E-state index in [2.05, 4.69) is 5.32 Å². The quantitative estimate of drug-likeness (QED) is 0.623. The predicted octanol–water partition coefficient (Wildman–Crippen LogP) is 1.05. The number of allylic oxidation sites excluding steroid dienone is 2. The topological polar surface area (TPSA) is 49.3 Å². The molecule has 0 atom stereocenters. The fourth-order valence-corrected chi connectivity index (χ4v) is 0.589. The molecule has 2 N–H and O–H groups in total. The Hall–Kier alpha value is -1.22. The third-order valence-corrected chi connectivity index (χ3v) is 1.07. The number of carboxylic acid groups (broad SMARTS) is 1. The van der Waals surface area contributed by atoms with Gasteiger partial charge in [0.2, 0.25) is 0 Å². The second-order valence-electron chi connectivity index (χ2n) is 1.79. The van der Waals surface area contributed by atoms with Crippen molar-refractivity contribution < 1.29 is 9.90 Å². The van der Waals surface area contributed by atoms with Crippen molar-refractivity contribution in [2.24, 2.45) is 0 Å². The summed E-state index contributed by atoms with van der Waals surface area (Å²) in [4.78, 5) is 10.3. The zero-order valence-corrected chi connectivity index (χ0v) is 6.47. The third-order valence-electron chi connectivity index (χ3n) is 1.07. The van der Waals surface area contributed by atoms with Gasteiger partial charge in [-0.05, 0) is 12.2 Å². The normalized spacial score (nSPS) is 14.0. The number of rotatable bonds is 1. The summed E-state index contributed by atoms with van der Waals surface area (Å²) in [6.45, 7) is 0. The summed E-state index contributed by atoms with van der Waals surface area (Å²) in [6, 6.07) is 0. The second-order valence-corrected chi connectivity index (χ2v) is 1.79. The van der Waals surface area contributed by atoms with Crippen molar-refractivity contribution in [3.63, 3.8) is 0 Å². The van der Waals surface area contributed by atoms with E-state index in [1.54, 1.807) is 18.4 Å². The lowest BCUT2D eigenvalue weighted by molar-refractivity contribution is -0.132. The number of carboxylic acids is 1. The van der Waals surface area contributed by atoms with E-state index >= 15 is 0 Å². The van der Waals surface area contributed by atoms with Crippen LogP contribution in [0.2, 0.25) is 0 Å². The first-order valence-corrected chi connectivity index (χ1v) is 2.83. The highest BCUT2D eigenvalue weighted by Gasteiger charge is 2.01. The number of hydrogen-bond acceptors (Lipinski definition) is 2. The lowest BCUT2D eigenvalue weighted by Crippen LogP contribution is -2.01. The number of hydrogen-bond donors (Lipinski definition) is 2. The molecule has 1 rings (SSSR count). The molecule has 11 heavy (non-hydrogen) atoms. The van der Waals surface area contributed by atoms with Crippen LogP contribution in [-0.4, -0.2) is 11.1 Å². The highest BCUT2D eigenvalue weighted by molar-refractivity contribution is 5.89. The van der Waals surface area contributed by atoms with Gasteiger partial charge in [-0.25, -0.2) is 4.79 Å². The molecule has 0 saturated heterocycles. The lowest BCUT2D eigenvalue weighted by Gasteiger charge is -1.90. The van der Waals surface area contributed by atoms with Crippen LogP contribution in [0.1, 0.15) is 0 Å². The van der Waals surface area contributed by atoms with E-state index in [0.717, 1.165) is 0 Å². The van der Waals surface area contributed by atoms with Crippen LogP contribution in [0.25, 0.3) is 0 Å². The highest BCUT2D eigenvalue weighted by Crippen LogP contribution is 1.97. The zero-order chi connectivity index (χ0) is 7.40. The number of nitrogens with one attached hydrogen (secondary N) is 1. The summed E-state index contributed by atoms with van der Waals surface area (Å²) in [7, 11) is 0. The Labute approximate surface area is 70.5 Å². The fourth-order valence-electron chi connectivity index (χ4n) is 0.589. The van der Waals surface area contributed by atoms with Crippen LogP contribution in [-0.2, 0) is 4.79 Å². The molecule has 0 unspecified atom stereocenters. The van der Waals surface area contributed by atoms with Crippen molar-refractivity contribution in [1.29, 1.82) is 0 Å². The second kappa shape index (κ2) is 4.57. The summed E-state index contributed by atoms with van der Waals surface area (Å²) in [5, 5.41) is 11.2. The molecule has 0 aromatic heterocycles. The molecule has 0 spiro atoms. The van der Waals surface area contributed by atoms with Crippen molar-refractivity contribution in [2.75, 3.05) is 0 Å². The van der Waals surface area contributed by atoms with Gasteiger partial charge in [0.25, 0.3) is 0 Å². The van der Waals surface area contributed by atoms with Gasteiger partial charge in [-0.3, -0.25) is 0 Å². The van der Waals surface area contributed by atoms with E-state index in [-0.39, 0.29) is 18.0 Å². The van der Waals surface area contributed by atoms with Crippen LogP contribution in [0, 0.1) is 0 Å². The molecule has 1 heterocycles. The van der Waals surface area contributed by atoms with E-state index in [9.17, 15) is 4.79 Å². The minimum absolute atomic E-state index is 0. The molecule has 0 amide bonds. The average molecular weight is 174 g/mol. The van der Waals surface area contributed by atoms with Gasteiger partial charge in [0.05, 0.1) is 5.57 Å². The first kappa shape index (κ1) is 9.78. The minimum Gasteiger partial charge on any atom is -0.478 e. The van der Waals surface area contributed by atoms with Crippen LogP contribution in [0.15, 0.2) is 36.2 Å². The van der Waals surface area contributed by atoms with Crippen LogP contribution in [0.3, 0.4) is 0 Å². The summed E-state index contributed by atoms with van der Waals surface area (Å²) >= 11 is 0. The fraction of sp³-hybridized carbons (Fsp3) is 0. The van der Waals surface area contributed by atoms with Gasteiger partial charge in [-0.1, -0.05) is 6.08 Å². The maximum Gasteiger partial charge on any atom is 0.337 e. The number of halogens is 1. The molecule has 0 bridgehead atoms. The van der Waals surface area contributed by atoms with Crippen molar-refractivity contribution >= 4 is 18.4 Å². The number of carbonyl (C=O) groups is 1. The Bertz CT molecular complexity index is 231. The van der Waals surface area contributed by atoms with E-state index < -0.39 is 5.97 Å². The molecule has 0 aromatic rings. The van der Waals surface area contributed by atoms with Gasteiger partial charge in [0.1, 0.15) is 0 Å². The molecule has 0 aromatic carbocycles. The molecule has 0 saturated carbocycles. The highest BCUT2D eigenvalue weighted by atomic mass is 35.5. The van der Waals surface area contributed by atoms with E-state index in [1.807, 2.05) is 0 Å². The van der Waals surface area contributed by atoms with Gasteiger partial charge in [-0.15, -0.1) is 12.4 Å². The Morgan fingerprint density at radius 1 is 1.45 bits per heavy atom. The van der Waals surface area contributed by atoms with Gasteiger partial charge < -0.3 is 10.4 Å². The molecule has 60 valence electrons. The van der Waals surface area contributed by atoms with Crippen molar-refractivity contribution in [3.05, 3.63) is 36.2 Å². The maximum atomic E-state index is 10.3. The average Bonchev–Trinajstić information content (AvgIpc) is 2.12. The monoisotopic (exact) mass is 173 g/mol. The molecule has 1 aliphatic heterocycles. The molecule has 1 aliphatic rings. The van der Waals surface area contributed by atoms with Crippen molar-refractivity contribution in [1.82, 2.24) is 5.32 Å². The Morgan fingerprint density at radius 3 is 2.82 bits per heavy atom. The SMILES string of the molecule is Cl.O=C(O)C1=CNC=CC=C1. The Kier molecular flexibility index (Phi) is 4.07. The summed E-state index contributed by atoms with van der Waals surface area (Å²) in [6.07, 6.45) is 8.01. The predicted molar refractivity (Wildman–Crippen MR) is 44.4 cm³/mol. The van der Waals surface area contributed by atoms with Crippen LogP contribution in [0.4, 0.5) is 0 Å². The van der Waals surface area contributed by atoms with Gasteiger partial charge >= 0.3 is 5.97 Å². The van der Waals surface area contributed by atoms with Crippen LogP contribution in [0.5, 0.6) is 0 Å². The lowest BCUT2D eigenvalue weighted by atomic mass is 10.3. The van der Waals surface area contributed by atoms with E-state index in [0.29, 0.717) is 0 Å². The molecule has 0 fully saturated rings. The molecule has 4 heteroatoms. The first-order valence-electron chi connectivity index (χ1n) is 2.83. The zero-order valence-electron chi connectivity index (χ0n) is 5.65. The molecule has 3 nitrogen and oxygen atoms in total. The molecule has 0 radical (unpaired) electrons. The van der Waals surface area contributed by atoms with E-state index in [1.165, 1.54) is 12.3 Å². The molecular formula is C7H8ClNO2.